The molecule has 14 nitrogen and oxygen atoms in total. The van der Waals surface area contributed by atoms with E-state index in [1.54, 1.807) is 0 Å². The zero-order chi connectivity index (χ0) is 66.6. The average molecular weight is 1310 g/mol. The highest BCUT2D eigenvalue weighted by Gasteiger charge is 2.51. The van der Waals surface area contributed by atoms with Gasteiger partial charge in [-0.05, 0) is 51.4 Å². The maximum atomic E-state index is 13.4. The van der Waals surface area contributed by atoms with E-state index in [-0.39, 0.29) is 12.5 Å². The minimum Gasteiger partial charge on any atom is -0.394 e. The Morgan fingerprint density at radius 3 is 1.15 bits per heavy atom. The van der Waals surface area contributed by atoms with E-state index in [2.05, 4.69) is 67.8 Å². The number of aliphatic hydroxyl groups excluding tert-OH is 8. The third kappa shape index (κ3) is 45.5. The minimum absolute atomic E-state index is 0.199. The Balaban J connectivity index is 1.56. The Kier molecular flexibility index (Phi) is 58.4. The molecule has 0 aromatic rings. The quantitative estimate of drug-likeness (QED) is 0.0204. The van der Waals surface area contributed by atoms with Crippen LogP contribution in [0.5, 0.6) is 0 Å². The van der Waals surface area contributed by atoms with Crippen LogP contribution in [0.25, 0.3) is 0 Å². The first-order chi connectivity index (χ1) is 45.1. The molecule has 12 unspecified atom stereocenters. The zero-order valence-corrected chi connectivity index (χ0v) is 59.1. The van der Waals surface area contributed by atoms with Crippen molar-refractivity contribution in [2.75, 3.05) is 19.8 Å². The van der Waals surface area contributed by atoms with E-state index in [0.717, 1.165) is 77.0 Å². The van der Waals surface area contributed by atoms with Gasteiger partial charge < -0.3 is 65.1 Å². The Labute approximate surface area is 563 Å². The lowest BCUT2D eigenvalue weighted by Crippen LogP contribution is -2.65. The summed E-state index contributed by atoms with van der Waals surface area (Å²) in [6.07, 6.45) is 65.8. The Morgan fingerprint density at radius 2 is 0.750 bits per heavy atom. The van der Waals surface area contributed by atoms with Crippen molar-refractivity contribution in [1.29, 1.82) is 0 Å². The van der Waals surface area contributed by atoms with E-state index in [0.29, 0.717) is 12.8 Å². The fraction of sp³-hybridized carbons (Fsp3) is 0.885. The summed E-state index contributed by atoms with van der Waals surface area (Å²) >= 11 is 0. The van der Waals surface area contributed by atoms with Gasteiger partial charge >= 0.3 is 0 Å². The van der Waals surface area contributed by atoms with Gasteiger partial charge in [0.2, 0.25) is 5.91 Å². The van der Waals surface area contributed by atoms with E-state index in [1.165, 1.54) is 244 Å². The van der Waals surface area contributed by atoms with Crippen LogP contribution >= 0.6 is 0 Å². The van der Waals surface area contributed by atoms with Crippen molar-refractivity contribution < 1.29 is 64.6 Å². The lowest BCUT2D eigenvalue weighted by atomic mass is 9.97. The van der Waals surface area contributed by atoms with Gasteiger partial charge in [-0.1, -0.05) is 339 Å². The molecule has 2 saturated heterocycles. The van der Waals surface area contributed by atoms with Crippen LogP contribution in [0.1, 0.15) is 348 Å². The molecule has 0 radical (unpaired) electrons. The monoisotopic (exact) mass is 1300 g/mol. The fourth-order valence-corrected chi connectivity index (χ4v) is 12.9. The number of carbonyl (C=O) groups excluding carboxylic acids is 1. The van der Waals surface area contributed by atoms with Crippen LogP contribution in [0.15, 0.2) is 48.6 Å². The van der Waals surface area contributed by atoms with Gasteiger partial charge in [-0.15, -0.1) is 0 Å². The Morgan fingerprint density at radius 1 is 0.402 bits per heavy atom. The number of hydrogen-bond donors (Lipinski definition) is 9. The number of unbranched alkanes of at least 4 members (excludes halogenated alkanes) is 44. The van der Waals surface area contributed by atoms with Crippen LogP contribution in [0, 0.1) is 0 Å². The number of aliphatic hydroxyl groups is 8. The first-order valence-electron chi connectivity index (χ1n) is 38.9. The molecule has 14 heteroatoms. The van der Waals surface area contributed by atoms with Crippen LogP contribution in [0.4, 0.5) is 0 Å². The van der Waals surface area contributed by atoms with Gasteiger partial charge in [0.05, 0.1) is 32.0 Å². The van der Waals surface area contributed by atoms with E-state index < -0.39 is 86.8 Å². The molecule has 2 aliphatic rings. The number of rotatable bonds is 65. The Bertz CT molecular complexity index is 1730. The minimum atomic E-state index is -1.78. The number of nitrogens with one attached hydrogen (secondary N) is 1. The SMILES string of the molecule is CC/C=C\C/C=C\C/C=C\C/C=C\CCCCCCCCCCCCCCCCCCCCCCCCCCCCC(=O)NC(COC1OC(CO)C(OC2OC(CO)C(O)C(O)C2O)C(O)C1O)C(O)CCCCCCCCCCCCCCCCCCCCC. The lowest BCUT2D eigenvalue weighted by Gasteiger charge is -2.46. The van der Waals surface area contributed by atoms with E-state index >= 15 is 0 Å². The molecule has 2 rings (SSSR count). The molecule has 2 aliphatic heterocycles. The van der Waals surface area contributed by atoms with Gasteiger partial charge in [-0.2, -0.15) is 0 Å². The molecule has 0 spiro atoms. The fourth-order valence-electron chi connectivity index (χ4n) is 12.9. The number of hydrogen-bond acceptors (Lipinski definition) is 13. The van der Waals surface area contributed by atoms with Gasteiger partial charge in [0, 0.05) is 6.42 Å². The zero-order valence-electron chi connectivity index (χ0n) is 59.1. The normalized spacial score (nSPS) is 22.9. The van der Waals surface area contributed by atoms with E-state index in [1.807, 2.05) is 0 Å². The van der Waals surface area contributed by atoms with Gasteiger partial charge in [0.15, 0.2) is 12.6 Å². The number of allylic oxidation sites excluding steroid dienone is 8. The molecule has 0 aromatic carbocycles. The highest BCUT2D eigenvalue weighted by atomic mass is 16.7. The van der Waals surface area contributed by atoms with Crippen LogP contribution < -0.4 is 5.32 Å². The smallest absolute Gasteiger partial charge is 0.220 e. The first kappa shape index (κ1) is 86.0. The van der Waals surface area contributed by atoms with Gasteiger partial charge in [-0.3, -0.25) is 4.79 Å². The second-order valence-electron chi connectivity index (χ2n) is 27.5. The van der Waals surface area contributed by atoms with Gasteiger partial charge in [0.1, 0.15) is 48.8 Å². The topological polar surface area (TPSA) is 228 Å². The van der Waals surface area contributed by atoms with Crippen molar-refractivity contribution in [2.24, 2.45) is 0 Å². The molecule has 2 heterocycles. The molecule has 0 bridgehead atoms. The predicted molar refractivity (Wildman–Crippen MR) is 378 cm³/mol. The van der Waals surface area contributed by atoms with E-state index in [4.69, 9.17) is 18.9 Å². The first-order valence-corrected chi connectivity index (χ1v) is 38.9. The molecule has 1 amide bonds. The molecule has 12 atom stereocenters. The standard InChI is InChI=1S/C78H145NO13/c1-3-5-7-9-11-13-15-17-19-21-23-24-25-26-27-28-29-30-31-32-33-34-35-36-37-38-39-40-41-42-44-46-48-50-52-54-56-58-60-62-70(83)79-66(67(82)61-59-57-55-53-51-49-47-45-43-22-20-18-16-14-12-10-8-6-4-2)65-89-77-75(88)73(86)76(69(64-81)91-77)92-78-74(87)72(85)71(84)68(63-80)90-78/h5,7,11,13,17,19,23-24,66-69,71-78,80-82,84-88H,3-4,6,8-10,12,14-16,18,20-22,25-65H2,1-2H3,(H,79,83)/b7-5-,13-11-,19-17-,24-23-. The molecule has 0 aliphatic carbocycles. The molecular weight excluding hydrogens is 1160 g/mol. The second kappa shape index (κ2) is 62.5. The predicted octanol–water partition coefficient (Wildman–Crippen LogP) is 17.0. The van der Waals surface area contributed by atoms with Crippen LogP contribution in [0.3, 0.4) is 0 Å². The summed E-state index contributed by atoms with van der Waals surface area (Å²) in [5.41, 5.74) is 0. The second-order valence-corrected chi connectivity index (χ2v) is 27.5. The third-order valence-corrected chi connectivity index (χ3v) is 19.1. The number of carbonyl (C=O) groups is 1. The lowest BCUT2D eigenvalue weighted by molar-refractivity contribution is -0.359. The van der Waals surface area contributed by atoms with Crippen LogP contribution in [0.2, 0.25) is 0 Å². The Hall–Kier alpha value is -2.05. The maximum absolute atomic E-state index is 13.4. The molecular formula is C78H145NO13. The van der Waals surface area contributed by atoms with Crippen LogP contribution in [-0.2, 0) is 23.7 Å². The van der Waals surface area contributed by atoms with Crippen molar-refractivity contribution in [3.05, 3.63) is 48.6 Å². The summed E-state index contributed by atoms with van der Waals surface area (Å²) in [6, 6.07) is -0.828. The van der Waals surface area contributed by atoms with Crippen molar-refractivity contribution in [1.82, 2.24) is 5.32 Å². The summed E-state index contributed by atoms with van der Waals surface area (Å²) in [7, 11) is 0. The van der Waals surface area contributed by atoms with Crippen LogP contribution in [-0.4, -0.2) is 140 Å². The maximum Gasteiger partial charge on any atom is 0.220 e. The summed E-state index contributed by atoms with van der Waals surface area (Å²) in [5.74, 6) is -0.199. The summed E-state index contributed by atoms with van der Waals surface area (Å²) in [4.78, 5) is 13.4. The molecule has 92 heavy (non-hydrogen) atoms. The number of ether oxygens (including phenoxy) is 4. The molecule has 540 valence electrons. The summed E-state index contributed by atoms with van der Waals surface area (Å²) < 4.78 is 23.0. The van der Waals surface area contributed by atoms with Crippen molar-refractivity contribution in [3.63, 3.8) is 0 Å². The number of amides is 1. The molecule has 0 aromatic heterocycles. The van der Waals surface area contributed by atoms with Gasteiger partial charge in [0.25, 0.3) is 0 Å². The highest BCUT2D eigenvalue weighted by Crippen LogP contribution is 2.30. The average Bonchev–Trinajstić information content (AvgIpc) is 1.05. The molecule has 9 N–H and O–H groups in total. The summed E-state index contributed by atoms with van der Waals surface area (Å²) in [5, 5.41) is 87.7. The van der Waals surface area contributed by atoms with Crippen molar-refractivity contribution in [2.45, 2.75) is 421 Å². The summed E-state index contributed by atoms with van der Waals surface area (Å²) in [6.45, 7) is 2.80. The molecule has 2 fully saturated rings. The third-order valence-electron chi connectivity index (χ3n) is 19.1. The largest absolute Gasteiger partial charge is 0.394 e. The van der Waals surface area contributed by atoms with E-state index in [9.17, 15) is 45.6 Å². The van der Waals surface area contributed by atoms with Gasteiger partial charge in [-0.25, -0.2) is 0 Å². The highest BCUT2D eigenvalue weighted by molar-refractivity contribution is 5.76. The van der Waals surface area contributed by atoms with Crippen molar-refractivity contribution >= 4 is 5.91 Å². The van der Waals surface area contributed by atoms with Crippen molar-refractivity contribution in [3.8, 4) is 0 Å². The molecule has 0 saturated carbocycles.